The van der Waals surface area contributed by atoms with Gasteiger partial charge in [0.15, 0.2) is 5.78 Å². The van der Waals surface area contributed by atoms with E-state index < -0.39 is 0 Å². The van der Waals surface area contributed by atoms with Crippen LogP contribution >= 0.6 is 0 Å². The number of hydrogen-bond donors (Lipinski definition) is 0. The Hall–Kier alpha value is -2.36. The molecule has 0 fully saturated rings. The van der Waals surface area contributed by atoms with E-state index >= 15 is 0 Å². The fraction of sp³-hybridized carbons (Fsp3) is 0.333. The molecule has 3 rings (SSSR count). The fourth-order valence-corrected chi connectivity index (χ4v) is 2.91. The molecule has 4 heteroatoms. The monoisotopic (exact) mass is 298 g/mol. The lowest BCUT2D eigenvalue weighted by Gasteiger charge is -2.10. The van der Waals surface area contributed by atoms with Crippen LogP contribution in [0.1, 0.15) is 41.6 Å². The molecule has 22 heavy (non-hydrogen) atoms. The van der Waals surface area contributed by atoms with Gasteiger partial charge in [0.05, 0.1) is 12.2 Å². The summed E-state index contributed by atoms with van der Waals surface area (Å²) < 4.78 is 10.9. The molecule has 1 aliphatic rings. The maximum Gasteiger partial charge on any atom is 0.313 e. The highest BCUT2D eigenvalue weighted by molar-refractivity contribution is 6.05. The summed E-state index contributed by atoms with van der Waals surface area (Å²) in [5.74, 6) is 0.997. The lowest BCUT2D eigenvalue weighted by Crippen LogP contribution is -2.10. The molecule has 2 aromatic rings. The van der Waals surface area contributed by atoms with Gasteiger partial charge < -0.3 is 9.15 Å². The van der Waals surface area contributed by atoms with Crippen molar-refractivity contribution in [3.63, 3.8) is 0 Å². The molecule has 0 aliphatic heterocycles. The van der Waals surface area contributed by atoms with E-state index in [1.807, 2.05) is 30.3 Å². The Morgan fingerprint density at radius 3 is 2.68 bits per heavy atom. The average Bonchev–Trinajstić information content (AvgIpc) is 2.87. The molecule has 0 bridgehead atoms. The molecule has 4 nitrogen and oxygen atoms in total. The van der Waals surface area contributed by atoms with Crippen molar-refractivity contribution in [2.45, 2.75) is 32.6 Å². The third-order valence-electron chi connectivity index (χ3n) is 3.81. The zero-order chi connectivity index (χ0) is 15.5. The van der Waals surface area contributed by atoms with Gasteiger partial charge in [0.2, 0.25) is 0 Å². The molecule has 0 saturated carbocycles. The summed E-state index contributed by atoms with van der Waals surface area (Å²) >= 11 is 0. The minimum atomic E-state index is -0.335. The number of carbonyl (C=O) groups is 2. The van der Waals surface area contributed by atoms with Crippen molar-refractivity contribution >= 4 is 11.8 Å². The van der Waals surface area contributed by atoms with Gasteiger partial charge in [-0.25, -0.2) is 0 Å². The van der Waals surface area contributed by atoms with Gasteiger partial charge in [0.25, 0.3) is 0 Å². The molecule has 0 unspecified atom stereocenters. The molecule has 1 aromatic heterocycles. The molecule has 0 N–H and O–H groups in total. The van der Waals surface area contributed by atoms with Crippen molar-refractivity contribution in [3.05, 3.63) is 47.4 Å². The minimum absolute atomic E-state index is 0.0539. The third-order valence-corrected chi connectivity index (χ3v) is 3.81. The topological polar surface area (TPSA) is 56.5 Å². The lowest BCUT2D eigenvalue weighted by molar-refractivity contribution is -0.142. The van der Waals surface area contributed by atoms with Crippen LogP contribution in [0.5, 0.6) is 0 Å². The molecular formula is C18H18O4. The van der Waals surface area contributed by atoms with Crippen LogP contribution in [0.25, 0.3) is 11.1 Å². The smallest absolute Gasteiger partial charge is 0.313 e. The number of furan rings is 1. The quantitative estimate of drug-likeness (QED) is 0.810. The van der Waals surface area contributed by atoms with Crippen LogP contribution in [0.2, 0.25) is 0 Å². The highest BCUT2D eigenvalue weighted by atomic mass is 16.5. The van der Waals surface area contributed by atoms with Crippen molar-refractivity contribution in [1.29, 1.82) is 0 Å². The van der Waals surface area contributed by atoms with Gasteiger partial charge in [-0.05, 0) is 18.9 Å². The summed E-state index contributed by atoms with van der Waals surface area (Å²) in [4.78, 5) is 24.2. The van der Waals surface area contributed by atoms with Crippen LogP contribution in [0.3, 0.4) is 0 Å². The van der Waals surface area contributed by atoms with E-state index in [2.05, 4.69) is 0 Å². The first-order valence-corrected chi connectivity index (χ1v) is 7.59. The Kier molecular flexibility index (Phi) is 4.09. The maximum absolute atomic E-state index is 12.3. The van der Waals surface area contributed by atoms with Gasteiger partial charge in [-0.1, -0.05) is 30.3 Å². The molecule has 0 spiro atoms. The number of Topliss-reactive ketones (excluding diaryl/α,β-unsaturated/α-hetero) is 1. The van der Waals surface area contributed by atoms with E-state index in [0.29, 0.717) is 30.1 Å². The Morgan fingerprint density at radius 2 is 1.95 bits per heavy atom. The molecule has 0 amide bonds. The first-order chi connectivity index (χ1) is 10.7. The van der Waals surface area contributed by atoms with Crippen LogP contribution in [0.4, 0.5) is 0 Å². The number of ether oxygens (including phenoxy) is 1. The van der Waals surface area contributed by atoms with E-state index in [4.69, 9.17) is 9.15 Å². The molecule has 1 aromatic carbocycles. The summed E-state index contributed by atoms with van der Waals surface area (Å²) in [6.45, 7) is 2.10. The van der Waals surface area contributed by atoms with Crippen molar-refractivity contribution < 1.29 is 18.7 Å². The number of hydrogen-bond acceptors (Lipinski definition) is 4. The number of aryl methyl sites for hydroxylation is 1. The second-order valence-corrected chi connectivity index (χ2v) is 5.32. The molecule has 0 saturated heterocycles. The molecule has 1 heterocycles. The normalized spacial score (nSPS) is 13.8. The van der Waals surface area contributed by atoms with E-state index in [-0.39, 0.29) is 18.2 Å². The number of esters is 1. The largest absolute Gasteiger partial charge is 0.466 e. The van der Waals surface area contributed by atoms with Gasteiger partial charge in [-0.3, -0.25) is 9.59 Å². The van der Waals surface area contributed by atoms with Crippen LogP contribution in [-0.4, -0.2) is 18.4 Å². The number of ketones is 1. The Bertz CT molecular complexity index is 697. The Balaban J connectivity index is 2.09. The van der Waals surface area contributed by atoms with Crippen LogP contribution < -0.4 is 0 Å². The number of fused-ring (bicyclic) bond motifs is 1. The van der Waals surface area contributed by atoms with Crippen molar-refractivity contribution in [3.8, 4) is 11.1 Å². The fourth-order valence-electron chi connectivity index (χ4n) is 2.91. The summed E-state index contributed by atoms with van der Waals surface area (Å²) in [6.07, 6.45) is 2.12. The second kappa shape index (κ2) is 6.18. The Labute approximate surface area is 129 Å². The van der Waals surface area contributed by atoms with Gasteiger partial charge in [0, 0.05) is 18.4 Å². The number of rotatable bonds is 4. The molecule has 114 valence electrons. The van der Waals surface area contributed by atoms with E-state index in [9.17, 15) is 9.59 Å². The third kappa shape index (κ3) is 2.69. The van der Waals surface area contributed by atoms with Crippen LogP contribution in [0, 0.1) is 0 Å². The second-order valence-electron chi connectivity index (χ2n) is 5.32. The van der Waals surface area contributed by atoms with Gasteiger partial charge in [-0.2, -0.15) is 0 Å². The van der Waals surface area contributed by atoms with Crippen molar-refractivity contribution in [2.24, 2.45) is 0 Å². The predicted octanol–water partition coefficient (Wildman–Crippen LogP) is 3.57. The average molecular weight is 298 g/mol. The van der Waals surface area contributed by atoms with Crippen LogP contribution in [0.15, 0.2) is 34.7 Å². The number of benzene rings is 1. The molecule has 0 radical (unpaired) electrons. The summed E-state index contributed by atoms with van der Waals surface area (Å²) in [5.41, 5.74) is 2.31. The lowest BCUT2D eigenvalue weighted by atomic mass is 9.90. The van der Waals surface area contributed by atoms with Crippen molar-refractivity contribution in [1.82, 2.24) is 0 Å². The van der Waals surface area contributed by atoms with Gasteiger partial charge >= 0.3 is 5.97 Å². The first kappa shape index (κ1) is 14.6. The maximum atomic E-state index is 12.3. The molecular weight excluding hydrogens is 280 g/mol. The zero-order valence-corrected chi connectivity index (χ0v) is 12.6. The zero-order valence-electron chi connectivity index (χ0n) is 12.6. The minimum Gasteiger partial charge on any atom is -0.466 e. The number of carbonyl (C=O) groups excluding carboxylic acids is 2. The van der Waals surface area contributed by atoms with Crippen molar-refractivity contribution in [2.75, 3.05) is 6.61 Å². The van der Waals surface area contributed by atoms with Gasteiger partial charge in [0.1, 0.15) is 17.9 Å². The predicted molar refractivity (Wildman–Crippen MR) is 81.7 cm³/mol. The summed E-state index contributed by atoms with van der Waals surface area (Å²) in [5, 5.41) is 0. The summed E-state index contributed by atoms with van der Waals surface area (Å²) in [7, 11) is 0. The standard InChI is InChI=1S/C18H18O4/c1-2-21-16(20)11-15-17(12-7-4-3-5-8-12)18-13(19)9-6-10-14(18)22-15/h3-5,7-8H,2,6,9-11H2,1H3. The molecule has 0 atom stereocenters. The Morgan fingerprint density at radius 1 is 1.18 bits per heavy atom. The highest BCUT2D eigenvalue weighted by Gasteiger charge is 2.29. The highest BCUT2D eigenvalue weighted by Crippen LogP contribution is 2.37. The molecule has 1 aliphatic carbocycles. The first-order valence-electron chi connectivity index (χ1n) is 7.59. The van der Waals surface area contributed by atoms with Crippen LogP contribution in [-0.2, 0) is 22.4 Å². The van der Waals surface area contributed by atoms with E-state index in [0.717, 1.165) is 24.0 Å². The SMILES string of the molecule is CCOC(=O)Cc1oc2c(c1-c1ccccc1)C(=O)CCC2. The van der Waals surface area contributed by atoms with E-state index in [1.165, 1.54) is 0 Å². The summed E-state index contributed by atoms with van der Waals surface area (Å²) in [6, 6.07) is 9.61. The van der Waals surface area contributed by atoms with E-state index in [1.54, 1.807) is 6.92 Å². The van der Waals surface area contributed by atoms with Gasteiger partial charge in [-0.15, -0.1) is 0 Å².